The molecule has 4 rings (SSSR count). The van der Waals surface area contributed by atoms with Crippen molar-refractivity contribution in [1.82, 2.24) is 20.9 Å². The molecular weight excluding hydrogens is 532 g/mol. The van der Waals surface area contributed by atoms with Crippen LogP contribution in [0.2, 0.25) is 5.02 Å². The smallest absolute Gasteiger partial charge is 0.251 e. The molecule has 0 spiro atoms. The topological polar surface area (TPSA) is 73.5 Å². The van der Waals surface area contributed by atoms with Crippen molar-refractivity contribution in [3.05, 3.63) is 82.9 Å². The van der Waals surface area contributed by atoms with Gasteiger partial charge in [-0.25, -0.2) is 0 Å². The van der Waals surface area contributed by atoms with Gasteiger partial charge in [0.25, 0.3) is 5.91 Å². The number of nitrogens with one attached hydrogen (secondary N) is 3. The number of likely N-dealkylation sites (tertiary alicyclic amines) is 1. The molecule has 3 aromatic carbocycles. The number of rotatable bonds is 14. The second-order valence-electron chi connectivity index (χ2n) is 11.3. The molecule has 0 saturated carbocycles. The molecule has 1 heterocycles. The Kier molecular flexibility index (Phi) is 12.0. The highest BCUT2D eigenvalue weighted by Crippen LogP contribution is 2.21. The zero-order chi connectivity index (χ0) is 29.0. The van der Waals surface area contributed by atoms with E-state index in [0.717, 1.165) is 49.7 Å². The van der Waals surface area contributed by atoms with Gasteiger partial charge in [-0.15, -0.1) is 0 Å². The molecule has 3 atom stereocenters. The number of hydrogen-bond donors (Lipinski definition) is 3. The molecule has 3 N–H and O–H groups in total. The molecule has 220 valence electrons. The first-order valence-electron chi connectivity index (χ1n) is 15.2. The van der Waals surface area contributed by atoms with Gasteiger partial charge >= 0.3 is 0 Å². The zero-order valence-corrected chi connectivity index (χ0v) is 25.3. The highest BCUT2D eigenvalue weighted by molar-refractivity contribution is 6.31. The summed E-state index contributed by atoms with van der Waals surface area (Å²) in [5.74, 6) is 0.184. The van der Waals surface area contributed by atoms with Gasteiger partial charge in [0, 0.05) is 35.6 Å². The molecule has 7 heteroatoms. The molecule has 0 bridgehead atoms. The average Bonchev–Trinajstić information content (AvgIpc) is 3.00. The Morgan fingerprint density at radius 1 is 0.902 bits per heavy atom. The average molecular weight is 577 g/mol. The van der Waals surface area contributed by atoms with E-state index in [0.29, 0.717) is 23.7 Å². The van der Waals surface area contributed by atoms with Gasteiger partial charge in [0.15, 0.2) is 0 Å². The third kappa shape index (κ3) is 9.56. The van der Waals surface area contributed by atoms with Crippen molar-refractivity contribution < 1.29 is 9.59 Å². The molecule has 41 heavy (non-hydrogen) atoms. The van der Waals surface area contributed by atoms with Crippen LogP contribution in [0.15, 0.2) is 66.7 Å². The zero-order valence-electron chi connectivity index (χ0n) is 24.5. The third-order valence-corrected chi connectivity index (χ3v) is 8.37. The van der Waals surface area contributed by atoms with Crippen LogP contribution in [-0.2, 0) is 4.79 Å². The lowest BCUT2D eigenvalue weighted by Crippen LogP contribution is -2.51. The van der Waals surface area contributed by atoms with Gasteiger partial charge in [-0.05, 0) is 99.3 Å². The SMILES string of the molecule is CC[C@H](CNC(=O)[C@H](CCCN1CCCCC1)NC(C)CNC(=O)c1ccc2cc(Cl)ccc2c1)c1ccccc1. The lowest BCUT2D eigenvalue weighted by atomic mass is 9.96. The van der Waals surface area contributed by atoms with Crippen molar-refractivity contribution in [1.29, 1.82) is 0 Å². The van der Waals surface area contributed by atoms with Gasteiger partial charge in [0.1, 0.15) is 0 Å². The largest absolute Gasteiger partial charge is 0.354 e. The molecule has 1 saturated heterocycles. The Hall–Kier alpha value is -2.93. The van der Waals surface area contributed by atoms with Crippen molar-refractivity contribution in [2.45, 2.75) is 70.4 Å². The Balaban J connectivity index is 1.32. The van der Waals surface area contributed by atoms with Gasteiger partial charge in [0.2, 0.25) is 5.91 Å². The molecule has 3 aromatic rings. The molecular formula is C34H45ClN4O2. The van der Waals surface area contributed by atoms with E-state index in [-0.39, 0.29) is 29.8 Å². The van der Waals surface area contributed by atoms with Crippen molar-refractivity contribution in [2.75, 3.05) is 32.7 Å². The lowest BCUT2D eigenvalue weighted by molar-refractivity contribution is -0.123. The molecule has 1 aliphatic heterocycles. The minimum atomic E-state index is -0.314. The van der Waals surface area contributed by atoms with Crippen molar-refractivity contribution in [2.24, 2.45) is 0 Å². The first-order chi connectivity index (χ1) is 19.9. The minimum absolute atomic E-state index is 0.0318. The van der Waals surface area contributed by atoms with Gasteiger partial charge < -0.3 is 20.9 Å². The molecule has 0 radical (unpaired) electrons. The summed E-state index contributed by atoms with van der Waals surface area (Å²) < 4.78 is 0. The quantitative estimate of drug-likeness (QED) is 0.215. The normalized spacial score (nSPS) is 16.2. The number of fused-ring (bicyclic) bond motifs is 1. The number of halogens is 1. The minimum Gasteiger partial charge on any atom is -0.354 e. The molecule has 0 aliphatic carbocycles. The highest BCUT2D eigenvalue weighted by Gasteiger charge is 2.22. The van der Waals surface area contributed by atoms with Crippen LogP contribution in [0.1, 0.15) is 74.2 Å². The van der Waals surface area contributed by atoms with Gasteiger partial charge in [0.05, 0.1) is 6.04 Å². The predicted octanol–water partition coefficient (Wildman–Crippen LogP) is 6.15. The maximum absolute atomic E-state index is 13.4. The maximum atomic E-state index is 13.4. The fourth-order valence-electron chi connectivity index (χ4n) is 5.67. The molecule has 1 aliphatic rings. The summed E-state index contributed by atoms with van der Waals surface area (Å²) in [7, 11) is 0. The van der Waals surface area contributed by atoms with Gasteiger partial charge in [-0.1, -0.05) is 67.4 Å². The summed E-state index contributed by atoms with van der Waals surface area (Å²) in [5.41, 5.74) is 1.85. The van der Waals surface area contributed by atoms with Crippen molar-refractivity contribution >= 4 is 34.2 Å². The third-order valence-electron chi connectivity index (χ3n) is 8.14. The number of amides is 2. The second-order valence-corrected chi connectivity index (χ2v) is 11.8. The van der Waals surface area contributed by atoms with E-state index >= 15 is 0 Å². The fourth-order valence-corrected chi connectivity index (χ4v) is 5.85. The first kappa shape index (κ1) is 31.0. The van der Waals surface area contributed by atoms with E-state index in [9.17, 15) is 9.59 Å². The fraction of sp³-hybridized carbons (Fsp3) is 0.471. The van der Waals surface area contributed by atoms with E-state index in [1.54, 1.807) is 0 Å². The van der Waals surface area contributed by atoms with Gasteiger partial charge in [-0.2, -0.15) is 0 Å². The number of benzene rings is 3. The van der Waals surface area contributed by atoms with Crippen LogP contribution >= 0.6 is 11.6 Å². The van der Waals surface area contributed by atoms with Crippen LogP contribution in [-0.4, -0.2) is 61.5 Å². The Labute approximate surface area is 250 Å². The van der Waals surface area contributed by atoms with E-state index < -0.39 is 0 Å². The summed E-state index contributed by atoms with van der Waals surface area (Å²) in [6.45, 7) is 8.55. The summed E-state index contributed by atoms with van der Waals surface area (Å²) >= 11 is 6.09. The lowest BCUT2D eigenvalue weighted by Gasteiger charge is -2.28. The monoisotopic (exact) mass is 576 g/mol. The molecule has 1 unspecified atom stereocenters. The van der Waals surface area contributed by atoms with E-state index in [1.807, 2.05) is 61.5 Å². The molecule has 0 aromatic heterocycles. The van der Waals surface area contributed by atoms with Crippen LogP contribution < -0.4 is 16.0 Å². The van der Waals surface area contributed by atoms with Crippen LogP contribution in [0.5, 0.6) is 0 Å². The second kappa shape index (κ2) is 15.9. The standard InChI is InChI=1S/C34H45ClN4O2/c1-3-26(27-11-6-4-7-12-27)24-37-34(41)32(13-10-20-39-18-8-5-9-19-39)38-25(2)23-36-33(40)30-15-14-29-22-31(35)17-16-28(29)21-30/h4,6-7,11-12,14-17,21-22,25-26,32,38H,3,5,8-10,13,18-20,23-24H2,1-2H3,(H,36,40)(H,37,41)/t25?,26-,32+/m1/s1. The van der Waals surface area contributed by atoms with Gasteiger partial charge in [-0.3, -0.25) is 9.59 Å². The summed E-state index contributed by atoms with van der Waals surface area (Å²) in [4.78, 5) is 28.9. The summed E-state index contributed by atoms with van der Waals surface area (Å²) in [6, 6.07) is 21.3. The van der Waals surface area contributed by atoms with Crippen molar-refractivity contribution in [3.8, 4) is 0 Å². The number of carbonyl (C=O) groups is 2. The van der Waals surface area contributed by atoms with Crippen LogP contribution in [0.3, 0.4) is 0 Å². The van der Waals surface area contributed by atoms with E-state index in [1.165, 1.54) is 24.8 Å². The van der Waals surface area contributed by atoms with E-state index in [2.05, 4.69) is 39.9 Å². The number of carbonyl (C=O) groups excluding carboxylic acids is 2. The van der Waals surface area contributed by atoms with Crippen molar-refractivity contribution in [3.63, 3.8) is 0 Å². The summed E-state index contributed by atoms with van der Waals surface area (Å²) in [5, 5.41) is 12.4. The predicted molar refractivity (Wildman–Crippen MR) is 170 cm³/mol. The number of hydrogen-bond acceptors (Lipinski definition) is 4. The Bertz CT molecular complexity index is 1260. The highest BCUT2D eigenvalue weighted by atomic mass is 35.5. The Morgan fingerprint density at radius 3 is 2.39 bits per heavy atom. The number of nitrogens with zero attached hydrogens (tertiary/aromatic N) is 1. The molecule has 6 nitrogen and oxygen atoms in total. The molecule has 2 amide bonds. The van der Waals surface area contributed by atoms with Crippen LogP contribution in [0, 0.1) is 0 Å². The maximum Gasteiger partial charge on any atom is 0.251 e. The van der Waals surface area contributed by atoms with Crippen LogP contribution in [0.4, 0.5) is 0 Å². The Morgan fingerprint density at radius 2 is 1.63 bits per heavy atom. The number of piperidine rings is 1. The first-order valence-corrected chi connectivity index (χ1v) is 15.6. The van der Waals surface area contributed by atoms with Crippen LogP contribution in [0.25, 0.3) is 10.8 Å². The molecule has 1 fully saturated rings. The summed E-state index contributed by atoms with van der Waals surface area (Å²) in [6.07, 6.45) is 6.53. The van der Waals surface area contributed by atoms with E-state index in [4.69, 9.17) is 11.6 Å².